The lowest BCUT2D eigenvalue weighted by atomic mass is 10.1. The molecule has 1 aromatic carbocycles. The molecule has 2 aromatic rings. The van der Waals surface area contributed by atoms with E-state index in [0.29, 0.717) is 25.1 Å². The summed E-state index contributed by atoms with van der Waals surface area (Å²) in [5, 5.41) is 9.14. The molecular formula is C20H24N2O3. The van der Waals surface area contributed by atoms with Crippen molar-refractivity contribution in [3.05, 3.63) is 58.9 Å². The zero-order chi connectivity index (χ0) is 18.1. The minimum atomic E-state index is -0.821. The molecule has 2 heterocycles. The minimum Gasteiger partial charge on any atom is -0.481 e. The summed E-state index contributed by atoms with van der Waals surface area (Å²) in [4.78, 5) is 25.7. The Labute approximate surface area is 147 Å². The number of hydrogen-bond donors (Lipinski definition) is 1. The second-order valence-electron chi connectivity index (χ2n) is 6.82. The van der Waals surface area contributed by atoms with E-state index < -0.39 is 11.9 Å². The third-order valence-corrected chi connectivity index (χ3v) is 5.21. The van der Waals surface area contributed by atoms with Gasteiger partial charge in [-0.1, -0.05) is 30.3 Å². The molecule has 5 heteroatoms. The number of aliphatic carboxylic acids is 1. The van der Waals surface area contributed by atoms with Crippen LogP contribution in [-0.4, -0.2) is 39.5 Å². The highest BCUT2D eigenvalue weighted by Crippen LogP contribution is 2.27. The molecule has 0 unspecified atom stereocenters. The van der Waals surface area contributed by atoms with Crippen molar-refractivity contribution in [3.63, 3.8) is 0 Å². The van der Waals surface area contributed by atoms with E-state index in [1.165, 1.54) is 5.56 Å². The van der Waals surface area contributed by atoms with Gasteiger partial charge < -0.3 is 14.6 Å². The SMILES string of the molecule is Cc1cc(C(=O)N2CC[C@H](C(=O)O)C2)c(C)n1[C@@H](C)c1ccccc1. The van der Waals surface area contributed by atoms with Crippen LogP contribution < -0.4 is 0 Å². The zero-order valence-corrected chi connectivity index (χ0v) is 14.9. The molecule has 1 fully saturated rings. The number of carbonyl (C=O) groups is 2. The first-order chi connectivity index (χ1) is 11.9. The number of carboxylic acid groups (broad SMARTS) is 1. The molecule has 1 aromatic heterocycles. The van der Waals surface area contributed by atoms with Crippen LogP contribution in [-0.2, 0) is 4.79 Å². The average molecular weight is 340 g/mol. The Bertz CT molecular complexity index is 795. The van der Waals surface area contributed by atoms with Crippen molar-refractivity contribution in [1.82, 2.24) is 9.47 Å². The van der Waals surface area contributed by atoms with E-state index in [4.69, 9.17) is 5.11 Å². The number of rotatable bonds is 4. The average Bonchev–Trinajstić information content (AvgIpc) is 3.20. The van der Waals surface area contributed by atoms with E-state index in [9.17, 15) is 9.59 Å². The first kappa shape index (κ1) is 17.3. The van der Waals surface area contributed by atoms with Crippen molar-refractivity contribution < 1.29 is 14.7 Å². The van der Waals surface area contributed by atoms with Gasteiger partial charge in [-0.3, -0.25) is 9.59 Å². The Morgan fingerprint density at radius 2 is 1.88 bits per heavy atom. The van der Waals surface area contributed by atoms with Gasteiger partial charge in [0, 0.05) is 24.5 Å². The van der Waals surface area contributed by atoms with Gasteiger partial charge in [0.25, 0.3) is 5.91 Å². The Balaban J connectivity index is 1.87. The smallest absolute Gasteiger partial charge is 0.308 e. The fourth-order valence-corrected chi connectivity index (χ4v) is 3.79. The van der Waals surface area contributed by atoms with E-state index in [1.807, 2.05) is 38.1 Å². The Kier molecular flexibility index (Phi) is 4.66. The molecule has 25 heavy (non-hydrogen) atoms. The van der Waals surface area contributed by atoms with Crippen LogP contribution in [0, 0.1) is 19.8 Å². The van der Waals surface area contributed by atoms with Crippen LogP contribution in [0.5, 0.6) is 0 Å². The standard InChI is InChI=1S/C20H24N2O3/c1-13-11-18(19(23)21-10-9-17(12-21)20(24)25)15(3)22(13)14(2)16-7-5-4-6-8-16/h4-8,11,14,17H,9-10,12H2,1-3H3,(H,24,25)/t14-,17-/m0/s1. The Hall–Kier alpha value is -2.56. The van der Waals surface area contributed by atoms with Gasteiger partial charge in [-0.25, -0.2) is 0 Å². The van der Waals surface area contributed by atoms with E-state index >= 15 is 0 Å². The minimum absolute atomic E-state index is 0.0663. The van der Waals surface area contributed by atoms with Crippen molar-refractivity contribution >= 4 is 11.9 Å². The maximum absolute atomic E-state index is 12.9. The molecule has 1 N–H and O–H groups in total. The lowest BCUT2D eigenvalue weighted by molar-refractivity contribution is -0.141. The molecule has 5 nitrogen and oxygen atoms in total. The molecule has 1 amide bonds. The van der Waals surface area contributed by atoms with Crippen molar-refractivity contribution in [1.29, 1.82) is 0 Å². The summed E-state index contributed by atoms with van der Waals surface area (Å²) in [7, 11) is 0. The third kappa shape index (κ3) is 3.18. The summed E-state index contributed by atoms with van der Waals surface area (Å²) in [5.41, 5.74) is 3.82. The van der Waals surface area contributed by atoms with E-state index in [-0.39, 0.29) is 11.9 Å². The highest BCUT2D eigenvalue weighted by molar-refractivity contribution is 5.96. The molecular weight excluding hydrogens is 316 g/mol. The predicted octanol–water partition coefficient (Wildman–Crippen LogP) is 3.26. The van der Waals surface area contributed by atoms with Crippen LogP contribution in [0.15, 0.2) is 36.4 Å². The van der Waals surface area contributed by atoms with Gasteiger partial charge >= 0.3 is 5.97 Å². The van der Waals surface area contributed by atoms with Gasteiger partial charge in [0.05, 0.1) is 17.5 Å². The number of benzene rings is 1. The predicted molar refractivity (Wildman–Crippen MR) is 95.8 cm³/mol. The summed E-state index contributed by atoms with van der Waals surface area (Å²) in [6.45, 7) is 6.90. The number of carbonyl (C=O) groups excluding carboxylic acids is 1. The number of carboxylic acids is 1. The van der Waals surface area contributed by atoms with Gasteiger partial charge in [-0.15, -0.1) is 0 Å². The van der Waals surface area contributed by atoms with Crippen molar-refractivity contribution in [2.24, 2.45) is 5.92 Å². The number of likely N-dealkylation sites (tertiary alicyclic amines) is 1. The largest absolute Gasteiger partial charge is 0.481 e. The molecule has 0 aliphatic carbocycles. The summed E-state index contributed by atoms with van der Waals surface area (Å²) >= 11 is 0. The van der Waals surface area contributed by atoms with Crippen LogP contribution in [0.25, 0.3) is 0 Å². The van der Waals surface area contributed by atoms with Gasteiger partial charge in [-0.2, -0.15) is 0 Å². The molecule has 0 radical (unpaired) electrons. The Morgan fingerprint density at radius 1 is 1.20 bits per heavy atom. The third-order valence-electron chi connectivity index (χ3n) is 5.21. The molecule has 3 rings (SSSR count). The van der Waals surface area contributed by atoms with Crippen LogP contribution in [0.3, 0.4) is 0 Å². The van der Waals surface area contributed by atoms with Crippen molar-refractivity contribution in [2.45, 2.75) is 33.2 Å². The highest BCUT2D eigenvalue weighted by atomic mass is 16.4. The lowest BCUT2D eigenvalue weighted by Crippen LogP contribution is -2.30. The van der Waals surface area contributed by atoms with Crippen LogP contribution >= 0.6 is 0 Å². The molecule has 1 aliphatic heterocycles. The molecule has 0 bridgehead atoms. The number of hydrogen-bond acceptors (Lipinski definition) is 2. The Morgan fingerprint density at radius 3 is 2.48 bits per heavy atom. The molecule has 0 spiro atoms. The van der Waals surface area contributed by atoms with Crippen LogP contribution in [0.1, 0.15) is 46.7 Å². The maximum Gasteiger partial charge on any atom is 0.308 e. The van der Waals surface area contributed by atoms with E-state index in [2.05, 4.69) is 23.6 Å². The summed E-state index contributed by atoms with van der Waals surface area (Å²) in [6.07, 6.45) is 0.528. The molecule has 132 valence electrons. The highest BCUT2D eigenvalue weighted by Gasteiger charge is 2.32. The zero-order valence-electron chi connectivity index (χ0n) is 14.9. The second kappa shape index (κ2) is 6.75. The number of nitrogens with zero attached hydrogens (tertiary/aromatic N) is 2. The summed E-state index contributed by atoms with van der Waals surface area (Å²) in [5.74, 6) is -1.34. The molecule has 0 saturated carbocycles. The fourth-order valence-electron chi connectivity index (χ4n) is 3.79. The van der Waals surface area contributed by atoms with Crippen LogP contribution in [0.2, 0.25) is 0 Å². The molecule has 1 saturated heterocycles. The maximum atomic E-state index is 12.9. The topological polar surface area (TPSA) is 62.5 Å². The van der Waals surface area contributed by atoms with Gasteiger partial charge in [0.1, 0.15) is 0 Å². The molecule has 1 aliphatic rings. The van der Waals surface area contributed by atoms with Crippen molar-refractivity contribution in [3.8, 4) is 0 Å². The van der Waals surface area contributed by atoms with Gasteiger partial charge in [0.2, 0.25) is 0 Å². The monoisotopic (exact) mass is 340 g/mol. The second-order valence-corrected chi connectivity index (χ2v) is 6.82. The summed E-state index contributed by atoms with van der Waals surface area (Å²) in [6, 6.07) is 12.3. The first-order valence-electron chi connectivity index (χ1n) is 8.65. The van der Waals surface area contributed by atoms with Crippen molar-refractivity contribution in [2.75, 3.05) is 13.1 Å². The number of amides is 1. The van der Waals surface area contributed by atoms with Crippen LogP contribution in [0.4, 0.5) is 0 Å². The first-order valence-corrected chi connectivity index (χ1v) is 8.65. The van der Waals surface area contributed by atoms with E-state index in [1.54, 1.807) is 4.90 Å². The fraction of sp³-hybridized carbons (Fsp3) is 0.400. The summed E-state index contributed by atoms with van der Waals surface area (Å²) < 4.78 is 2.17. The van der Waals surface area contributed by atoms with E-state index in [0.717, 1.165) is 11.4 Å². The number of aryl methyl sites for hydroxylation is 1. The van der Waals surface area contributed by atoms with Gasteiger partial charge in [0.15, 0.2) is 0 Å². The number of aromatic nitrogens is 1. The molecule has 2 atom stereocenters. The quantitative estimate of drug-likeness (QED) is 0.929. The lowest BCUT2D eigenvalue weighted by Gasteiger charge is -2.20. The normalized spacial score (nSPS) is 18.4. The van der Waals surface area contributed by atoms with Gasteiger partial charge in [-0.05, 0) is 38.8 Å².